The second-order valence-corrected chi connectivity index (χ2v) is 4.20. The number of aromatic nitrogens is 2. The summed E-state index contributed by atoms with van der Waals surface area (Å²) in [4.78, 5) is 11.7. The van der Waals surface area contributed by atoms with Crippen LogP contribution in [0.4, 0.5) is 5.69 Å². The van der Waals surface area contributed by atoms with E-state index in [0.29, 0.717) is 17.1 Å². The number of aromatic amines is 1. The fourth-order valence-electron chi connectivity index (χ4n) is 1.55. The molecular weight excluding hydrogens is 242 g/mol. The maximum Gasteiger partial charge on any atom is 0.291 e. The van der Waals surface area contributed by atoms with Crippen molar-refractivity contribution in [2.45, 2.75) is 13.8 Å². The van der Waals surface area contributed by atoms with E-state index >= 15 is 0 Å². The Morgan fingerprint density at radius 1 is 1.42 bits per heavy atom. The molecule has 0 bridgehead atoms. The average molecular weight is 257 g/mol. The molecule has 1 aromatic carbocycles. The molecule has 1 amide bonds. The van der Waals surface area contributed by atoms with Crippen molar-refractivity contribution in [2.24, 2.45) is 5.10 Å². The summed E-state index contributed by atoms with van der Waals surface area (Å²) in [7, 11) is 0. The number of carbonyl (C=O) groups excluding carboxylic acids is 1. The first-order valence-electron chi connectivity index (χ1n) is 5.79. The molecule has 0 aliphatic carbocycles. The molecule has 0 radical (unpaired) electrons. The smallest absolute Gasteiger partial charge is 0.291 e. The van der Waals surface area contributed by atoms with Crippen molar-refractivity contribution < 1.29 is 4.79 Å². The van der Waals surface area contributed by atoms with Crippen molar-refractivity contribution in [1.29, 1.82) is 0 Å². The van der Waals surface area contributed by atoms with Gasteiger partial charge in [-0.15, -0.1) is 0 Å². The zero-order valence-electron chi connectivity index (χ0n) is 10.8. The Balaban J connectivity index is 2.08. The first-order valence-corrected chi connectivity index (χ1v) is 5.79. The van der Waals surface area contributed by atoms with Crippen molar-refractivity contribution in [2.75, 3.05) is 5.73 Å². The summed E-state index contributed by atoms with van der Waals surface area (Å²) in [6, 6.07) is 8.95. The zero-order chi connectivity index (χ0) is 13.8. The second kappa shape index (κ2) is 5.34. The van der Waals surface area contributed by atoms with Crippen LogP contribution in [0.25, 0.3) is 0 Å². The van der Waals surface area contributed by atoms with E-state index in [0.717, 1.165) is 11.3 Å². The van der Waals surface area contributed by atoms with Gasteiger partial charge in [0.25, 0.3) is 5.91 Å². The lowest BCUT2D eigenvalue weighted by Crippen LogP contribution is -2.19. The molecule has 2 rings (SSSR count). The van der Waals surface area contributed by atoms with Crippen LogP contribution in [-0.4, -0.2) is 21.8 Å². The summed E-state index contributed by atoms with van der Waals surface area (Å²) < 4.78 is 0. The molecule has 6 nitrogen and oxygen atoms in total. The molecule has 0 saturated carbocycles. The normalized spacial score (nSPS) is 11.4. The zero-order valence-corrected chi connectivity index (χ0v) is 10.8. The summed E-state index contributed by atoms with van der Waals surface area (Å²) in [5.41, 5.74) is 11.5. The summed E-state index contributed by atoms with van der Waals surface area (Å²) in [5, 5.41) is 10.6. The molecular formula is C13H15N5O. The Kier molecular flexibility index (Phi) is 3.61. The number of amides is 1. The Hall–Kier alpha value is -2.63. The number of benzene rings is 1. The summed E-state index contributed by atoms with van der Waals surface area (Å²) in [5.74, 6) is -0.354. The third-order valence-electron chi connectivity index (χ3n) is 2.57. The van der Waals surface area contributed by atoms with Gasteiger partial charge in [-0.25, -0.2) is 5.43 Å². The van der Waals surface area contributed by atoms with Crippen molar-refractivity contribution in [1.82, 2.24) is 15.6 Å². The predicted molar refractivity (Wildman–Crippen MR) is 73.9 cm³/mol. The molecule has 0 fully saturated rings. The Bertz CT molecular complexity index is 629. The number of nitrogens with one attached hydrogen (secondary N) is 2. The number of hydrogen-bond acceptors (Lipinski definition) is 4. The lowest BCUT2D eigenvalue weighted by molar-refractivity contribution is 0.0950. The fourth-order valence-corrected chi connectivity index (χ4v) is 1.55. The SMILES string of the molecule is C/C(=N\NC(=O)c1cc(C)[nH]n1)c1cccc(N)c1. The summed E-state index contributed by atoms with van der Waals surface area (Å²) in [6.45, 7) is 3.62. The van der Waals surface area contributed by atoms with E-state index < -0.39 is 0 Å². The van der Waals surface area contributed by atoms with E-state index in [-0.39, 0.29) is 5.91 Å². The van der Waals surface area contributed by atoms with Crippen molar-refractivity contribution in [3.8, 4) is 0 Å². The molecule has 0 atom stereocenters. The molecule has 2 aromatic rings. The molecule has 98 valence electrons. The lowest BCUT2D eigenvalue weighted by Gasteiger charge is -2.02. The van der Waals surface area contributed by atoms with E-state index in [1.807, 2.05) is 19.1 Å². The van der Waals surface area contributed by atoms with E-state index in [1.54, 1.807) is 25.1 Å². The molecule has 0 spiro atoms. The van der Waals surface area contributed by atoms with Gasteiger partial charge in [-0.3, -0.25) is 9.89 Å². The molecule has 0 saturated heterocycles. The van der Waals surface area contributed by atoms with Gasteiger partial charge in [0, 0.05) is 11.4 Å². The number of anilines is 1. The van der Waals surface area contributed by atoms with Crippen molar-refractivity contribution in [3.63, 3.8) is 0 Å². The Morgan fingerprint density at radius 2 is 2.21 bits per heavy atom. The van der Waals surface area contributed by atoms with Gasteiger partial charge in [0.2, 0.25) is 0 Å². The topological polar surface area (TPSA) is 96.2 Å². The van der Waals surface area contributed by atoms with Crippen LogP contribution in [0.15, 0.2) is 35.4 Å². The lowest BCUT2D eigenvalue weighted by atomic mass is 10.1. The van der Waals surface area contributed by atoms with E-state index in [9.17, 15) is 4.79 Å². The highest BCUT2D eigenvalue weighted by molar-refractivity contribution is 6.01. The van der Waals surface area contributed by atoms with Crippen molar-refractivity contribution >= 4 is 17.3 Å². The number of nitrogens with two attached hydrogens (primary N) is 1. The standard InChI is InChI=1S/C13H15N5O/c1-8-6-12(17-15-8)13(19)18-16-9(2)10-4-3-5-11(14)7-10/h3-7H,14H2,1-2H3,(H,15,17)(H,18,19)/b16-9+. The number of nitrogens with zero attached hydrogens (tertiary/aromatic N) is 2. The molecule has 0 aliphatic rings. The molecule has 1 aromatic heterocycles. The average Bonchev–Trinajstić information content (AvgIpc) is 2.82. The number of rotatable bonds is 3. The van der Waals surface area contributed by atoms with E-state index in [1.165, 1.54) is 0 Å². The minimum Gasteiger partial charge on any atom is -0.399 e. The number of carbonyl (C=O) groups is 1. The summed E-state index contributed by atoms with van der Waals surface area (Å²) >= 11 is 0. The number of hydrazone groups is 1. The number of aryl methyl sites for hydroxylation is 1. The molecule has 0 aliphatic heterocycles. The quantitative estimate of drug-likeness (QED) is 0.441. The third-order valence-corrected chi connectivity index (χ3v) is 2.57. The van der Waals surface area contributed by atoms with Gasteiger partial charge in [0.1, 0.15) is 0 Å². The Morgan fingerprint density at radius 3 is 2.84 bits per heavy atom. The van der Waals surface area contributed by atoms with Crippen LogP contribution in [0.5, 0.6) is 0 Å². The number of H-pyrrole nitrogens is 1. The maximum absolute atomic E-state index is 11.7. The highest BCUT2D eigenvalue weighted by Gasteiger charge is 2.08. The predicted octanol–water partition coefficient (Wildman–Crippen LogP) is 1.45. The second-order valence-electron chi connectivity index (χ2n) is 4.20. The van der Waals surface area contributed by atoms with Gasteiger partial charge in [-0.2, -0.15) is 10.2 Å². The van der Waals surface area contributed by atoms with Crippen LogP contribution in [-0.2, 0) is 0 Å². The van der Waals surface area contributed by atoms with Crippen LogP contribution in [0, 0.1) is 6.92 Å². The highest BCUT2D eigenvalue weighted by Crippen LogP contribution is 2.07. The Labute approximate surface area is 110 Å². The van der Waals surface area contributed by atoms with Crippen LogP contribution < -0.4 is 11.2 Å². The van der Waals surface area contributed by atoms with E-state index in [2.05, 4.69) is 20.7 Å². The van der Waals surface area contributed by atoms with Gasteiger partial charge in [0.05, 0.1) is 5.71 Å². The number of nitrogen functional groups attached to an aromatic ring is 1. The fraction of sp³-hybridized carbons (Fsp3) is 0.154. The minimum atomic E-state index is -0.354. The van der Waals surface area contributed by atoms with Crippen molar-refractivity contribution in [3.05, 3.63) is 47.3 Å². The third kappa shape index (κ3) is 3.19. The minimum absolute atomic E-state index is 0.307. The van der Waals surface area contributed by atoms with Crippen LogP contribution in [0.3, 0.4) is 0 Å². The first kappa shape index (κ1) is 12.8. The molecule has 0 unspecified atom stereocenters. The number of hydrogen-bond donors (Lipinski definition) is 3. The molecule has 4 N–H and O–H groups in total. The van der Waals surface area contributed by atoms with Gasteiger partial charge in [-0.1, -0.05) is 12.1 Å². The molecule has 6 heteroatoms. The van der Waals surface area contributed by atoms with Crippen LogP contribution in [0.2, 0.25) is 0 Å². The summed E-state index contributed by atoms with van der Waals surface area (Å²) in [6.07, 6.45) is 0. The monoisotopic (exact) mass is 257 g/mol. The van der Waals surface area contributed by atoms with Crippen LogP contribution >= 0.6 is 0 Å². The van der Waals surface area contributed by atoms with Crippen LogP contribution in [0.1, 0.15) is 28.7 Å². The first-order chi connectivity index (χ1) is 9.06. The highest BCUT2D eigenvalue weighted by atomic mass is 16.2. The molecule has 1 heterocycles. The van der Waals surface area contributed by atoms with Gasteiger partial charge < -0.3 is 5.73 Å². The van der Waals surface area contributed by atoms with Gasteiger partial charge in [0.15, 0.2) is 5.69 Å². The molecule has 19 heavy (non-hydrogen) atoms. The van der Waals surface area contributed by atoms with Gasteiger partial charge in [-0.05, 0) is 37.6 Å². The largest absolute Gasteiger partial charge is 0.399 e. The van der Waals surface area contributed by atoms with E-state index in [4.69, 9.17) is 5.73 Å². The maximum atomic E-state index is 11.7. The van der Waals surface area contributed by atoms with Gasteiger partial charge >= 0.3 is 0 Å².